The molecule has 1 amide bonds. The summed E-state index contributed by atoms with van der Waals surface area (Å²) in [5, 5.41) is 3.21. The number of alkyl halides is 2. The highest BCUT2D eigenvalue weighted by atomic mass is 19.3. The largest absolute Gasteiger partial charge is 0.381 e. The van der Waals surface area contributed by atoms with Crippen molar-refractivity contribution in [2.45, 2.75) is 24.7 Å². The Kier molecular flexibility index (Phi) is 6.23. The van der Waals surface area contributed by atoms with Crippen LogP contribution in [0.25, 0.3) is 0 Å². The zero-order valence-corrected chi connectivity index (χ0v) is 17.3. The smallest absolute Gasteiger partial charge is 0.282 e. The fourth-order valence-corrected chi connectivity index (χ4v) is 4.14. The van der Waals surface area contributed by atoms with E-state index < -0.39 is 42.5 Å². The minimum Gasteiger partial charge on any atom is -0.381 e. The van der Waals surface area contributed by atoms with Crippen LogP contribution in [0.1, 0.15) is 29.9 Å². The first-order chi connectivity index (χ1) is 15.2. The number of primary amides is 1. The van der Waals surface area contributed by atoms with Gasteiger partial charge in [-0.3, -0.25) is 4.79 Å². The van der Waals surface area contributed by atoms with E-state index in [0.717, 1.165) is 25.0 Å². The van der Waals surface area contributed by atoms with Crippen molar-refractivity contribution in [2.75, 3.05) is 43.1 Å². The normalized spacial score (nSPS) is 19.3. The summed E-state index contributed by atoms with van der Waals surface area (Å²) >= 11 is 0. The number of nitrogens with zero attached hydrogens (tertiary/aromatic N) is 2. The lowest BCUT2D eigenvalue weighted by molar-refractivity contribution is -0.118. The predicted molar refractivity (Wildman–Crippen MR) is 111 cm³/mol. The number of ether oxygens (including phenoxy) is 1. The molecule has 2 saturated heterocycles. The van der Waals surface area contributed by atoms with E-state index in [2.05, 4.69) is 10.3 Å². The number of hydrogen-bond acceptors (Lipinski definition) is 5. The van der Waals surface area contributed by atoms with E-state index in [4.69, 9.17) is 10.5 Å². The molecule has 0 saturated carbocycles. The highest BCUT2D eigenvalue weighted by Gasteiger charge is 2.46. The van der Waals surface area contributed by atoms with E-state index in [-0.39, 0.29) is 16.9 Å². The van der Waals surface area contributed by atoms with Gasteiger partial charge in [0.2, 0.25) is 5.91 Å². The molecule has 6 nitrogen and oxygen atoms in total. The van der Waals surface area contributed by atoms with E-state index >= 15 is 0 Å². The standard InChI is InChI=1S/C22H24F4N4O2/c23-15-7-14(8-16(24)9-15)19(20(27)31)17-1-2-18(28-10-13-3-5-32-6-4-13)29-21(17)30-11-22(25,26)12-30/h1-2,7-9,13,19H,3-6,10-12H2,(H2,27,31)(H,28,29). The molecule has 2 aliphatic rings. The van der Waals surface area contributed by atoms with Crippen LogP contribution in [0.2, 0.25) is 0 Å². The summed E-state index contributed by atoms with van der Waals surface area (Å²) in [4.78, 5) is 18.1. The van der Waals surface area contributed by atoms with Crippen molar-refractivity contribution in [3.63, 3.8) is 0 Å². The van der Waals surface area contributed by atoms with E-state index in [1.165, 1.54) is 4.90 Å². The van der Waals surface area contributed by atoms with Gasteiger partial charge in [0, 0.05) is 31.4 Å². The van der Waals surface area contributed by atoms with Crippen molar-refractivity contribution in [2.24, 2.45) is 11.7 Å². The van der Waals surface area contributed by atoms with Crippen LogP contribution in [0.3, 0.4) is 0 Å². The molecule has 172 valence electrons. The molecule has 0 spiro atoms. The number of nitrogens with two attached hydrogens (primary N) is 1. The molecule has 10 heteroatoms. The molecule has 1 aromatic carbocycles. The van der Waals surface area contributed by atoms with Crippen molar-refractivity contribution < 1.29 is 27.1 Å². The van der Waals surface area contributed by atoms with Crippen LogP contribution in [0.15, 0.2) is 30.3 Å². The number of halogens is 4. The number of rotatable bonds is 7. The molecule has 1 atom stereocenters. The maximum atomic E-state index is 13.8. The first kappa shape index (κ1) is 22.3. The number of amides is 1. The first-order valence-corrected chi connectivity index (χ1v) is 10.4. The van der Waals surface area contributed by atoms with Crippen LogP contribution >= 0.6 is 0 Å². The Morgan fingerprint density at radius 3 is 2.44 bits per heavy atom. The highest BCUT2D eigenvalue weighted by Crippen LogP contribution is 2.38. The number of benzene rings is 1. The van der Waals surface area contributed by atoms with Gasteiger partial charge in [0.05, 0.1) is 19.0 Å². The molecule has 1 aromatic heterocycles. The van der Waals surface area contributed by atoms with Crippen molar-refractivity contribution in [3.05, 3.63) is 53.1 Å². The van der Waals surface area contributed by atoms with Gasteiger partial charge in [0.1, 0.15) is 23.3 Å². The molecule has 32 heavy (non-hydrogen) atoms. The minimum absolute atomic E-state index is 0.00625. The zero-order valence-electron chi connectivity index (χ0n) is 17.3. The summed E-state index contributed by atoms with van der Waals surface area (Å²) in [5.41, 5.74) is 5.78. The van der Waals surface area contributed by atoms with Gasteiger partial charge in [-0.1, -0.05) is 6.07 Å². The van der Waals surface area contributed by atoms with Gasteiger partial charge in [-0.25, -0.2) is 22.5 Å². The fraction of sp³-hybridized carbons (Fsp3) is 0.455. The second kappa shape index (κ2) is 8.93. The van der Waals surface area contributed by atoms with Crippen molar-refractivity contribution in [1.82, 2.24) is 4.98 Å². The highest BCUT2D eigenvalue weighted by molar-refractivity contribution is 5.87. The molecule has 3 heterocycles. The Bertz CT molecular complexity index is 970. The van der Waals surface area contributed by atoms with Crippen molar-refractivity contribution in [3.8, 4) is 0 Å². The molecule has 0 bridgehead atoms. The fourth-order valence-electron chi connectivity index (χ4n) is 4.14. The molecule has 0 aliphatic carbocycles. The third kappa shape index (κ3) is 4.95. The second-order valence-electron chi connectivity index (χ2n) is 8.30. The van der Waals surface area contributed by atoms with E-state index in [9.17, 15) is 22.4 Å². The van der Waals surface area contributed by atoms with Crippen LogP contribution in [0, 0.1) is 17.6 Å². The van der Waals surface area contributed by atoms with Crippen LogP contribution in [0.4, 0.5) is 29.2 Å². The molecular weight excluding hydrogens is 428 g/mol. The zero-order chi connectivity index (χ0) is 22.9. The van der Waals surface area contributed by atoms with Gasteiger partial charge < -0.3 is 20.7 Å². The number of hydrogen-bond donors (Lipinski definition) is 2. The number of aromatic nitrogens is 1. The lowest BCUT2D eigenvalue weighted by Crippen LogP contribution is -2.57. The molecule has 2 fully saturated rings. The summed E-state index contributed by atoms with van der Waals surface area (Å²) in [6.45, 7) is 0.882. The van der Waals surface area contributed by atoms with Gasteiger partial charge in [0.25, 0.3) is 5.92 Å². The third-order valence-electron chi connectivity index (χ3n) is 5.78. The Labute approximate surface area is 182 Å². The second-order valence-corrected chi connectivity index (χ2v) is 8.30. The van der Waals surface area contributed by atoms with E-state index in [1.807, 2.05) is 0 Å². The Morgan fingerprint density at radius 1 is 1.19 bits per heavy atom. The van der Waals surface area contributed by atoms with Crippen LogP contribution in [-0.2, 0) is 9.53 Å². The summed E-state index contributed by atoms with van der Waals surface area (Å²) in [7, 11) is 0. The maximum Gasteiger partial charge on any atom is 0.282 e. The maximum absolute atomic E-state index is 13.8. The molecule has 1 unspecified atom stereocenters. The topological polar surface area (TPSA) is 80.5 Å². The van der Waals surface area contributed by atoms with Gasteiger partial charge in [-0.2, -0.15) is 0 Å². The van der Waals surface area contributed by atoms with Gasteiger partial charge >= 0.3 is 0 Å². The number of pyridine rings is 1. The third-order valence-corrected chi connectivity index (χ3v) is 5.78. The first-order valence-electron chi connectivity index (χ1n) is 10.4. The molecular formula is C22H24F4N4O2. The average Bonchev–Trinajstić information content (AvgIpc) is 2.71. The summed E-state index contributed by atoms with van der Waals surface area (Å²) in [6.07, 6.45) is 1.82. The number of carbonyl (C=O) groups excluding carboxylic acids is 1. The van der Waals surface area contributed by atoms with Crippen LogP contribution in [0.5, 0.6) is 0 Å². The quantitative estimate of drug-likeness (QED) is 0.631. The van der Waals surface area contributed by atoms with E-state index in [0.29, 0.717) is 37.6 Å². The van der Waals surface area contributed by atoms with Gasteiger partial charge in [-0.15, -0.1) is 0 Å². The Morgan fingerprint density at radius 2 is 1.84 bits per heavy atom. The van der Waals surface area contributed by atoms with Crippen molar-refractivity contribution in [1.29, 1.82) is 0 Å². The van der Waals surface area contributed by atoms with E-state index in [1.54, 1.807) is 12.1 Å². The van der Waals surface area contributed by atoms with Gasteiger partial charge in [0.15, 0.2) is 0 Å². The molecule has 2 aliphatic heterocycles. The Hall–Kier alpha value is -2.88. The summed E-state index contributed by atoms with van der Waals surface area (Å²) in [5.74, 6) is -5.74. The predicted octanol–water partition coefficient (Wildman–Crippen LogP) is 3.27. The summed E-state index contributed by atoms with van der Waals surface area (Å²) < 4.78 is 60.2. The number of nitrogens with one attached hydrogen (secondary N) is 1. The monoisotopic (exact) mass is 452 g/mol. The number of anilines is 2. The SMILES string of the molecule is NC(=O)C(c1cc(F)cc(F)c1)c1ccc(NCC2CCOCC2)nc1N1CC(F)(F)C1. The van der Waals surface area contributed by atoms with Crippen LogP contribution in [-0.4, -0.2) is 49.7 Å². The molecule has 0 radical (unpaired) electrons. The summed E-state index contributed by atoms with van der Waals surface area (Å²) in [6, 6.07) is 5.85. The average molecular weight is 452 g/mol. The Balaban J connectivity index is 1.66. The molecule has 4 rings (SSSR count). The minimum atomic E-state index is -2.88. The van der Waals surface area contributed by atoms with Crippen molar-refractivity contribution >= 4 is 17.5 Å². The molecule has 3 N–H and O–H groups in total. The van der Waals surface area contributed by atoms with Crippen LogP contribution < -0.4 is 16.0 Å². The lowest BCUT2D eigenvalue weighted by Gasteiger charge is -2.41. The lowest BCUT2D eigenvalue weighted by atomic mass is 9.89. The molecule has 2 aromatic rings. The van der Waals surface area contributed by atoms with Gasteiger partial charge in [-0.05, 0) is 42.5 Å². The number of carbonyl (C=O) groups is 1.